The van der Waals surface area contributed by atoms with Crippen molar-refractivity contribution in [2.24, 2.45) is 5.92 Å². The van der Waals surface area contributed by atoms with Crippen LogP contribution in [-0.4, -0.2) is 20.7 Å². The summed E-state index contributed by atoms with van der Waals surface area (Å²) in [7, 11) is 0. The molecule has 1 fully saturated rings. The number of rotatable bonds is 8. The van der Waals surface area contributed by atoms with Gasteiger partial charge in [-0.3, -0.25) is 14.2 Å². The van der Waals surface area contributed by atoms with Gasteiger partial charge < -0.3 is 5.32 Å². The molecule has 1 heterocycles. The van der Waals surface area contributed by atoms with E-state index in [1.807, 2.05) is 72.8 Å². The first kappa shape index (κ1) is 24.4. The monoisotopic (exact) mass is 494 g/mol. The van der Waals surface area contributed by atoms with Crippen molar-refractivity contribution in [2.75, 3.05) is 0 Å². The zero-order chi connectivity index (χ0) is 25.6. The summed E-state index contributed by atoms with van der Waals surface area (Å²) in [5, 5.41) is 9.55. The lowest BCUT2D eigenvalue weighted by Crippen LogP contribution is -2.37. The van der Waals surface area contributed by atoms with E-state index in [0.29, 0.717) is 18.0 Å². The second-order valence-corrected chi connectivity index (χ2v) is 9.60. The van der Waals surface area contributed by atoms with Gasteiger partial charge in [-0.25, -0.2) is 9.89 Å². The first-order valence-electron chi connectivity index (χ1n) is 12.8. The fourth-order valence-corrected chi connectivity index (χ4v) is 5.20. The molecule has 0 saturated heterocycles. The van der Waals surface area contributed by atoms with E-state index in [1.165, 1.54) is 0 Å². The molecule has 5 rings (SSSR count). The first-order valence-corrected chi connectivity index (χ1v) is 12.8. The van der Waals surface area contributed by atoms with Crippen LogP contribution < -0.4 is 16.6 Å². The number of aromatic amines is 1. The summed E-state index contributed by atoms with van der Waals surface area (Å²) in [6.45, 7) is 0.615. The molecular weight excluding hydrogens is 464 g/mol. The number of carbonyl (C=O) groups is 1. The van der Waals surface area contributed by atoms with Crippen LogP contribution in [-0.2, 0) is 17.9 Å². The van der Waals surface area contributed by atoms with Gasteiger partial charge >= 0.3 is 5.69 Å². The van der Waals surface area contributed by atoms with E-state index in [2.05, 4.69) is 15.5 Å². The van der Waals surface area contributed by atoms with Crippen molar-refractivity contribution < 1.29 is 4.79 Å². The van der Waals surface area contributed by atoms with E-state index in [4.69, 9.17) is 0 Å². The summed E-state index contributed by atoms with van der Waals surface area (Å²) in [4.78, 5) is 38.8. The Labute approximate surface area is 215 Å². The quantitative estimate of drug-likeness (QED) is 0.383. The molecule has 1 atom stereocenters. The number of benzene rings is 3. The van der Waals surface area contributed by atoms with Crippen LogP contribution in [0.3, 0.4) is 0 Å². The van der Waals surface area contributed by atoms with Crippen molar-refractivity contribution in [1.82, 2.24) is 20.1 Å². The third-order valence-corrected chi connectivity index (χ3v) is 7.15. The second kappa shape index (κ2) is 11.2. The van der Waals surface area contributed by atoms with Gasteiger partial charge in [0.25, 0.3) is 5.56 Å². The lowest BCUT2D eigenvalue weighted by atomic mass is 9.83. The molecule has 1 unspecified atom stereocenters. The molecule has 2 N–H and O–H groups in total. The Hall–Kier alpha value is -4.26. The highest BCUT2D eigenvalue weighted by Gasteiger charge is 2.31. The maximum absolute atomic E-state index is 13.3. The standard InChI is InChI=1S/C30H30N4O3/c35-28(31-19-21-9-3-1-4-10-21)26(23-11-7-8-12-23)24-17-15-22(16-18-24)20-34-29(36)27(32-33-30(34)37)25-13-5-2-6-14-25/h1-6,9-10,13-18,23,26H,7-8,11-12,19-20H2,(H,31,35)(H,33,37). The SMILES string of the molecule is O=C(NCc1ccccc1)C(c1ccc(Cn2c(=O)[nH]nc(-c3ccccc3)c2=O)cc1)C1CCCC1. The van der Waals surface area contributed by atoms with Gasteiger partial charge in [-0.15, -0.1) is 0 Å². The summed E-state index contributed by atoms with van der Waals surface area (Å²) in [5.74, 6) is 0.121. The number of carbonyl (C=O) groups excluding carboxylic acids is 1. The van der Waals surface area contributed by atoms with Gasteiger partial charge in [-0.1, -0.05) is 97.8 Å². The Balaban J connectivity index is 1.36. The fourth-order valence-electron chi connectivity index (χ4n) is 5.20. The van der Waals surface area contributed by atoms with Crippen LogP contribution in [0.2, 0.25) is 0 Å². The van der Waals surface area contributed by atoms with Gasteiger partial charge in [0.05, 0.1) is 12.5 Å². The summed E-state index contributed by atoms with van der Waals surface area (Å²) in [6, 6.07) is 26.7. The predicted octanol–water partition coefficient (Wildman–Crippen LogP) is 4.24. The topological polar surface area (TPSA) is 96.8 Å². The van der Waals surface area contributed by atoms with Crippen LogP contribution in [0, 0.1) is 5.92 Å². The third-order valence-electron chi connectivity index (χ3n) is 7.15. The third kappa shape index (κ3) is 5.61. The van der Waals surface area contributed by atoms with Gasteiger partial charge in [0.15, 0.2) is 5.69 Å². The Kier molecular flexibility index (Phi) is 7.40. The molecule has 0 spiro atoms. The van der Waals surface area contributed by atoms with Gasteiger partial charge in [0.2, 0.25) is 5.91 Å². The minimum atomic E-state index is -0.558. The molecule has 1 saturated carbocycles. The Morgan fingerprint density at radius 1 is 0.892 bits per heavy atom. The summed E-state index contributed by atoms with van der Waals surface area (Å²) in [5.41, 5.74) is 2.68. The van der Waals surface area contributed by atoms with Crippen LogP contribution in [0.4, 0.5) is 0 Å². The van der Waals surface area contributed by atoms with Gasteiger partial charge in [0.1, 0.15) is 0 Å². The lowest BCUT2D eigenvalue weighted by Gasteiger charge is -2.23. The molecule has 0 aliphatic heterocycles. The molecule has 0 bridgehead atoms. The largest absolute Gasteiger partial charge is 0.351 e. The zero-order valence-electron chi connectivity index (χ0n) is 20.6. The molecule has 188 valence electrons. The van der Waals surface area contributed by atoms with Crippen molar-refractivity contribution in [3.05, 3.63) is 122 Å². The number of H-pyrrole nitrogens is 1. The minimum absolute atomic E-state index is 0.0396. The van der Waals surface area contributed by atoms with Crippen molar-refractivity contribution in [3.63, 3.8) is 0 Å². The van der Waals surface area contributed by atoms with Gasteiger partial charge in [-0.05, 0) is 35.4 Å². The molecule has 4 aromatic rings. The smallest absolute Gasteiger partial charge is 0.345 e. The van der Waals surface area contributed by atoms with Crippen molar-refractivity contribution in [2.45, 2.75) is 44.7 Å². The van der Waals surface area contributed by atoms with E-state index in [0.717, 1.165) is 46.9 Å². The van der Waals surface area contributed by atoms with Crippen molar-refractivity contribution in [3.8, 4) is 11.3 Å². The maximum atomic E-state index is 13.3. The number of hydrogen-bond acceptors (Lipinski definition) is 4. The fraction of sp³-hybridized carbons (Fsp3) is 0.267. The van der Waals surface area contributed by atoms with Crippen molar-refractivity contribution in [1.29, 1.82) is 0 Å². The average molecular weight is 495 g/mol. The molecule has 1 aliphatic rings. The number of aromatic nitrogens is 3. The van der Waals surface area contributed by atoms with Crippen LogP contribution in [0.1, 0.15) is 48.3 Å². The second-order valence-electron chi connectivity index (χ2n) is 9.60. The Morgan fingerprint density at radius 3 is 2.22 bits per heavy atom. The minimum Gasteiger partial charge on any atom is -0.351 e. The number of hydrogen-bond donors (Lipinski definition) is 2. The molecule has 3 aromatic carbocycles. The molecule has 0 radical (unpaired) electrons. The molecule has 1 aliphatic carbocycles. The zero-order valence-corrected chi connectivity index (χ0v) is 20.6. The highest BCUT2D eigenvalue weighted by molar-refractivity contribution is 5.84. The molecule has 7 heteroatoms. The number of nitrogens with one attached hydrogen (secondary N) is 2. The first-order chi connectivity index (χ1) is 18.1. The summed E-state index contributed by atoms with van der Waals surface area (Å²) < 4.78 is 1.16. The normalized spacial score (nSPS) is 14.4. The van der Waals surface area contributed by atoms with Crippen LogP contribution in [0.15, 0.2) is 94.5 Å². The lowest BCUT2D eigenvalue weighted by molar-refractivity contribution is -0.123. The van der Waals surface area contributed by atoms with Crippen LogP contribution >= 0.6 is 0 Å². The van der Waals surface area contributed by atoms with Crippen LogP contribution in [0.5, 0.6) is 0 Å². The Morgan fingerprint density at radius 2 is 1.54 bits per heavy atom. The number of amides is 1. The number of nitrogens with zero attached hydrogens (tertiary/aromatic N) is 2. The van der Waals surface area contributed by atoms with E-state index >= 15 is 0 Å². The van der Waals surface area contributed by atoms with Crippen LogP contribution in [0.25, 0.3) is 11.3 Å². The predicted molar refractivity (Wildman–Crippen MR) is 143 cm³/mol. The molecular formula is C30H30N4O3. The summed E-state index contributed by atoms with van der Waals surface area (Å²) in [6.07, 6.45) is 4.36. The molecule has 37 heavy (non-hydrogen) atoms. The average Bonchev–Trinajstić information content (AvgIpc) is 3.46. The highest BCUT2D eigenvalue weighted by atomic mass is 16.2. The van der Waals surface area contributed by atoms with Crippen molar-refractivity contribution >= 4 is 5.91 Å². The molecule has 1 aromatic heterocycles. The van der Waals surface area contributed by atoms with E-state index in [9.17, 15) is 14.4 Å². The molecule has 7 nitrogen and oxygen atoms in total. The Bertz CT molecular complexity index is 1450. The van der Waals surface area contributed by atoms with Gasteiger partial charge in [0, 0.05) is 12.1 Å². The summed E-state index contributed by atoms with van der Waals surface area (Å²) >= 11 is 0. The van der Waals surface area contributed by atoms with E-state index in [-0.39, 0.29) is 24.1 Å². The van der Waals surface area contributed by atoms with E-state index < -0.39 is 11.2 Å². The highest BCUT2D eigenvalue weighted by Crippen LogP contribution is 2.37. The van der Waals surface area contributed by atoms with E-state index in [1.54, 1.807) is 12.1 Å². The molecule has 1 amide bonds. The maximum Gasteiger partial charge on any atom is 0.345 e. The van der Waals surface area contributed by atoms with Gasteiger partial charge in [-0.2, -0.15) is 5.10 Å².